The number of carbonyl (C=O) groups is 1. The van der Waals surface area contributed by atoms with Gasteiger partial charge < -0.3 is 10.1 Å². The number of anilines is 1. The highest BCUT2D eigenvalue weighted by atomic mass is 35.5. The van der Waals surface area contributed by atoms with Crippen molar-refractivity contribution in [3.63, 3.8) is 0 Å². The first-order valence-electron chi connectivity index (χ1n) is 8.91. The summed E-state index contributed by atoms with van der Waals surface area (Å²) < 4.78 is 31.2. The highest BCUT2D eigenvalue weighted by Gasteiger charge is 2.30. The molecule has 0 bridgehead atoms. The first kappa shape index (κ1) is 22.0. The fourth-order valence-corrected chi connectivity index (χ4v) is 4.21. The lowest BCUT2D eigenvalue weighted by Gasteiger charge is -2.29. The number of nitrogens with one attached hydrogen (secondary N) is 1. The van der Waals surface area contributed by atoms with Gasteiger partial charge in [0, 0.05) is 5.02 Å². The molecule has 0 saturated heterocycles. The van der Waals surface area contributed by atoms with Gasteiger partial charge in [-0.1, -0.05) is 29.8 Å². The second kappa shape index (κ2) is 9.30. The molecule has 0 fully saturated rings. The highest BCUT2D eigenvalue weighted by Crippen LogP contribution is 2.25. The molecule has 0 aliphatic carbocycles. The Balaban J connectivity index is 2.18. The van der Waals surface area contributed by atoms with Crippen LogP contribution in [0.1, 0.15) is 32.4 Å². The minimum Gasteiger partial charge on any atom is -0.494 e. The van der Waals surface area contributed by atoms with Crippen LogP contribution in [0.25, 0.3) is 0 Å². The molecule has 0 aliphatic heterocycles. The van der Waals surface area contributed by atoms with Crippen LogP contribution in [0.15, 0.2) is 48.5 Å². The third kappa shape index (κ3) is 5.62. The van der Waals surface area contributed by atoms with E-state index >= 15 is 0 Å². The van der Waals surface area contributed by atoms with Gasteiger partial charge in [-0.3, -0.25) is 9.10 Å². The van der Waals surface area contributed by atoms with Crippen LogP contribution in [0.3, 0.4) is 0 Å². The van der Waals surface area contributed by atoms with Crippen molar-refractivity contribution in [1.82, 2.24) is 5.32 Å². The van der Waals surface area contributed by atoms with Gasteiger partial charge in [-0.15, -0.1) is 0 Å². The van der Waals surface area contributed by atoms with Crippen molar-refractivity contribution in [2.45, 2.75) is 32.9 Å². The molecule has 0 spiro atoms. The van der Waals surface area contributed by atoms with Gasteiger partial charge in [-0.05, 0) is 56.7 Å². The molecule has 8 heteroatoms. The third-order valence-corrected chi connectivity index (χ3v) is 5.68. The van der Waals surface area contributed by atoms with Crippen LogP contribution < -0.4 is 14.4 Å². The van der Waals surface area contributed by atoms with E-state index in [1.54, 1.807) is 25.1 Å². The average molecular weight is 425 g/mol. The Morgan fingerprint density at radius 1 is 1.18 bits per heavy atom. The normalized spacial score (nSPS) is 13.5. The molecule has 28 heavy (non-hydrogen) atoms. The van der Waals surface area contributed by atoms with Crippen molar-refractivity contribution < 1.29 is 17.9 Å². The van der Waals surface area contributed by atoms with E-state index in [9.17, 15) is 13.2 Å². The molecule has 152 valence electrons. The summed E-state index contributed by atoms with van der Waals surface area (Å²) in [6, 6.07) is 12.6. The largest absolute Gasteiger partial charge is 0.494 e. The van der Waals surface area contributed by atoms with Crippen LogP contribution in [0.4, 0.5) is 5.69 Å². The summed E-state index contributed by atoms with van der Waals surface area (Å²) in [5.41, 5.74) is 1.23. The summed E-state index contributed by atoms with van der Waals surface area (Å²) >= 11 is 5.99. The maximum absolute atomic E-state index is 12.8. The van der Waals surface area contributed by atoms with E-state index in [2.05, 4.69) is 5.32 Å². The van der Waals surface area contributed by atoms with E-state index in [1.165, 1.54) is 6.07 Å². The smallest absolute Gasteiger partial charge is 0.244 e. The Labute approximate surface area is 171 Å². The summed E-state index contributed by atoms with van der Waals surface area (Å²) in [4.78, 5) is 12.8. The molecule has 0 aliphatic rings. The average Bonchev–Trinajstić information content (AvgIpc) is 2.61. The molecule has 1 N–H and O–H groups in total. The fourth-order valence-electron chi connectivity index (χ4n) is 2.86. The SMILES string of the molecule is CCOc1ccc([C@H](C)NC(=O)[C@H](C)N(c2cccc(Cl)c2)S(C)(=O)=O)cc1. The minimum atomic E-state index is -3.69. The maximum atomic E-state index is 12.8. The zero-order valence-electron chi connectivity index (χ0n) is 16.3. The zero-order chi connectivity index (χ0) is 20.9. The maximum Gasteiger partial charge on any atom is 0.244 e. The molecule has 1 amide bonds. The van der Waals surface area contributed by atoms with Gasteiger partial charge in [0.1, 0.15) is 11.8 Å². The number of amides is 1. The lowest BCUT2D eigenvalue weighted by atomic mass is 10.1. The van der Waals surface area contributed by atoms with Crippen LogP contribution in [0, 0.1) is 0 Å². The monoisotopic (exact) mass is 424 g/mol. The number of halogens is 1. The quantitative estimate of drug-likeness (QED) is 0.699. The Morgan fingerprint density at radius 3 is 2.36 bits per heavy atom. The summed E-state index contributed by atoms with van der Waals surface area (Å²) in [5, 5.41) is 3.26. The molecule has 0 heterocycles. The van der Waals surface area contributed by atoms with Crippen molar-refractivity contribution in [2.75, 3.05) is 17.2 Å². The molecule has 2 atom stereocenters. The predicted molar refractivity (Wildman–Crippen MR) is 112 cm³/mol. The number of carbonyl (C=O) groups excluding carboxylic acids is 1. The van der Waals surface area contributed by atoms with Crippen LogP contribution in [0.5, 0.6) is 5.75 Å². The zero-order valence-corrected chi connectivity index (χ0v) is 17.9. The number of nitrogens with zero attached hydrogens (tertiary/aromatic N) is 1. The first-order chi connectivity index (χ1) is 13.1. The number of rotatable bonds is 8. The van der Waals surface area contributed by atoms with Crippen molar-refractivity contribution in [3.8, 4) is 5.75 Å². The predicted octanol–water partition coefficient (Wildman–Crippen LogP) is 3.77. The van der Waals surface area contributed by atoms with Gasteiger partial charge in [-0.2, -0.15) is 0 Å². The molecule has 2 aromatic rings. The fraction of sp³-hybridized carbons (Fsp3) is 0.350. The Kier molecular flexibility index (Phi) is 7.32. The van der Waals surface area contributed by atoms with E-state index in [0.717, 1.165) is 21.9 Å². The van der Waals surface area contributed by atoms with Crippen LogP contribution in [0.2, 0.25) is 5.02 Å². The topological polar surface area (TPSA) is 75.7 Å². The number of benzene rings is 2. The second-order valence-electron chi connectivity index (χ2n) is 6.45. The molecular weight excluding hydrogens is 400 g/mol. The van der Waals surface area contributed by atoms with Gasteiger partial charge in [0.15, 0.2) is 0 Å². The summed E-state index contributed by atoms with van der Waals surface area (Å²) in [6.07, 6.45) is 1.06. The number of ether oxygens (including phenoxy) is 1. The van der Waals surface area contributed by atoms with Gasteiger partial charge in [0.25, 0.3) is 0 Å². The Morgan fingerprint density at radius 2 is 1.82 bits per heavy atom. The van der Waals surface area contributed by atoms with Crippen molar-refractivity contribution in [2.24, 2.45) is 0 Å². The number of hydrogen-bond donors (Lipinski definition) is 1. The molecule has 0 aromatic heterocycles. The van der Waals surface area contributed by atoms with Crippen LogP contribution >= 0.6 is 11.6 Å². The molecule has 0 unspecified atom stereocenters. The summed E-state index contributed by atoms with van der Waals surface area (Å²) in [5.74, 6) is 0.342. The molecular formula is C20H25ClN2O4S. The van der Waals surface area contributed by atoms with E-state index in [-0.39, 0.29) is 6.04 Å². The first-order valence-corrected chi connectivity index (χ1v) is 11.1. The van der Waals surface area contributed by atoms with Gasteiger partial charge in [-0.25, -0.2) is 8.42 Å². The highest BCUT2D eigenvalue weighted by molar-refractivity contribution is 7.92. The van der Waals surface area contributed by atoms with E-state index < -0.39 is 22.0 Å². The van der Waals surface area contributed by atoms with Crippen LogP contribution in [-0.2, 0) is 14.8 Å². The number of hydrogen-bond acceptors (Lipinski definition) is 4. The number of sulfonamides is 1. The van der Waals surface area contributed by atoms with Crippen molar-refractivity contribution in [1.29, 1.82) is 0 Å². The molecule has 2 rings (SSSR count). The van der Waals surface area contributed by atoms with Gasteiger partial charge in [0.2, 0.25) is 15.9 Å². The lowest BCUT2D eigenvalue weighted by Crippen LogP contribution is -2.48. The third-order valence-electron chi connectivity index (χ3n) is 4.20. The van der Waals surface area contributed by atoms with E-state index in [4.69, 9.17) is 16.3 Å². The van der Waals surface area contributed by atoms with E-state index in [0.29, 0.717) is 17.3 Å². The molecule has 0 saturated carbocycles. The summed E-state index contributed by atoms with van der Waals surface area (Å²) in [6.45, 7) is 5.87. The van der Waals surface area contributed by atoms with Crippen molar-refractivity contribution >= 4 is 33.2 Å². The lowest BCUT2D eigenvalue weighted by molar-refractivity contribution is -0.122. The van der Waals surface area contributed by atoms with E-state index in [1.807, 2.05) is 38.1 Å². The molecule has 0 radical (unpaired) electrons. The standard InChI is InChI=1S/C20H25ClN2O4S/c1-5-27-19-11-9-16(10-12-19)14(2)22-20(24)15(3)23(28(4,25)26)18-8-6-7-17(21)13-18/h6-15H,5H2,1-4H3,(H,22,24)/t14-,15-/m0/s1. The van der Waals surface area contributed by atoms with Gasteiger partial charge in [0.05, 0.1) is 24.6 Å². The molecule has 2 aromatic carbocycles. The second-order valence-corrected chi connectivity index (χ2v) is 8.74. The van der Waals surface area contributed by atoms with Crippen LogP contribution in [-0.4, -0.2) is 33.2 Å². The van der Waals surface area contributed by atoms with Gasteiger partial charge >= 0.3 is 0 Å². The Hall–Kier alpha value is -2.25. The van der Waals surface area contributed by atoms with Crippen molar-refractivity contribution in [3.05, 3.63) is 59.1 Å². The minimum absolute atomic E-state index is 0.300. The molecule has 6 nitrogen and oxygen atoms in total. The summed E-state index contributed by atoms with van der Waals surface area (Å²) in [7, 11) is -3.69. The Bertz CT molecular complexity index is 916.